The van der Waals surface area contributed by atoms with Crippen LogP contribution < -0.4 is 5.32 Å². The molecule has 2 fully saturated rings. The van der Waals surface area contributed by atoms with E-state index in [0.717, 1.165) is 25.0 Å². The Hall–Kier alpha value is -2.03. The van der Waals surface area contributed by atoms with Crippen LogP contribution in [-0.2, 0) is 9.84 Å². The highest BCUT2D eigenvalue weighted by Crippen LogP contribution is 2.51. The van der Waals surface area contributed by atoms with E-state index in [-0.39, 0.29) is 33.0 Å². The molecule has 9 heteroatoms. The average molecular weight is 484 g/mol. The van der Waals surface area contributed by atoms with Gasteiger partial charge in [-0.15, -0.1) is 0 Å². The van der Waals surface area contributed by atoms with E-state index in [9.17, 15) is 27.1 Å². The number of carbonyl (C=O) groups is 1. The van der Waals surface area contributed by atoms with Crippen LogP contribution >= 0.6 is 11.6 Å². The molecule has 2 aliphatic rings. The van der Waals surface area contributed by atoms with Gasteiger partial charge >= 0.3 is 0 Å². The van der Waals surface area contributed by atoms with Crippen molar-refractivity contribution in [3.05, 3.63) is 58.1 Å². The first-order valence-corrected chi connectivity index (χ1v) is 12.4. The Morgan fingerprint density at radius 1 is 1.12 bits per heavy atom. The molecule has 2 bridgehead atoms. The first-order chi connectivity index (χ1) is 14.9. The monoisotopic (exact) mass is 483 g/mol. The largest absolute Gasteiger partial charge is 0.390 e. The number of hydrogen-bond acceptors (Lipinski definition) is 4. The number of carbonyl (C=O) groups excluding carboxylic acids is 1. The number of aryl methyl sites for hydroxylation is 1. The second kappa shape index (κ2) is 8.08. The van der Waals surface area contributed by atoms with Gasteiger partial charge in [-0.25, -0.2) is 17.2 Å². The summed E-state index contributed by atoms with van der Waals surface area (Å²) in [5, 5.41) is 12.5. The second-order valence-corrected chi connectivity index (χ2v) is 11.6. The molecule has 0 radical (unpaired) electrons. The molecule has 0 aromatic heterocycles. The van der Waals surface area contributed by atoms with Gasteiger partial charge in [0.2, 0.25) is 0 Å². The van der Waals surface area contributed by atoms with Crippen molar-refractivity contribution in [1.82, 2.24) is 0 Å². The Morgan fingerprint density at radius 2 is 1.75 bits per heavy atom. The number of sulfone groups is 1. The lowest BCUT2D eigenvalue weighted by atomic mass is 9.76. The van der Waals surface area contributed by atoms with Crippen LogP contribution in [0, 0.1) is 30.4 Å². The van der Waals surface area contributed by atoms with Crippen molar-refractivity contribution in [2.45, 2.75) is 55.3 Å². The fourth-order valence-corrected chi connectivity index (χ4v) is 7.57. The summed E-state index contributed by atoms with van der Waals surface area (Å²) in [5.41, 5.74) is -0.304. The molecular weight excluding hydrogens is 460 g/mol. The van der Waals surface area contributed by atoms with Crippen molar-refractivity contribution < 1.29 is 27.1 Å². The van der Waals surface area contributed by atoms with Crippen LogP contribution in [0.15, 0.2) is 35.2 Å². The lowest BCUT2D eigenvalue weighted by Crippen LogP contribution is -2.45. The third-order valence-corrected chi connectivity index (χ3v) is 9.70. The standard InChI is InChI=1S/C23H24ClF2NO4S/c1-12-7-18(24)21(11-17(12)22(28)27-15-5-6-19(25)20(26)10-15)32(30,31)16-8-13-3-4-14(9-16)23(13,2)29/h5-7,10-11,13-14,16,29H,3-4,8-9H2,1-2H3,(H,27,28)/t13-,14?,16?,23?/m0/s1. The molecule has 0 aliphatic heterocycles. The summed E-state index contributed by atoms with van der Waals surface area (Å²) in [6, 6.07) is 5.61. The van der Waals surface area contributed by atoms with E-state index in [1.807, 2.05) is 0 Å². The van der Waals surface area contributed by atoms with Gasteiger partial charge in [0.15, 0.2) is 21.5 Å². The molecule has 4 rings (SSSR count). The maximum atomic E-state index is 13.5. The SMILES string of the molecule is Cc1cc(Cl)c(S(=O)(=O)C2CC3CC[C@@H](C2)C3(C)O)cc1C(=O)Nc1ccc(F)c(F)c1. The number of amides is 1. The van der Waals surface area contributed by atoms with E-state index in [2.05, 4.69) is 5.32 Å². The van der Waals surface area contributed by atoms with Gasteiger partial charge in [-0.3, -0.25) is 4.79 Å². The van der Waals surface area contributed by atoms with E-state index in [0.29, 0.717) is 18.4 Å². The summed E-state index contributed by atoms with van der Waals surface area (Å²) in [5.74, 6) is -3.00. The molecule has 2 aromatic carbocycles. The highest BCUT2D eigenvalue weighted by atomic mass is 35.5. The fraction of sp³-hybridized carbons (Fsp3) is 0.435. The van der Waals surface area contributed by atoms with Gasteiger partial charge < -0.3 is 10.4 Å². The van der Waals surface area contributed by atoms with Crippen LogP contribution in [0.5, 0.6) is 0 Å². The van der Waals surface area contributed by atoms with Crippen molar-refractivity contribution in [3.63, 3.8) is 0 Å². The minimum Gasteiger partial charge on any atom is -0.390 e. The first-order valence-electron chi connectivity index (χ1n) is 10.4. The van der Waals surface area contributed by atoms with Crippen molar-refractivity contribution in [2.75, 3.05) is 5.32 Å². The highest BCUT2D eigenvalue weighted by Gasteiger charge is 2.53. The van der Waals surface area contributed by atoms with E-state index < -0.39 is 38.2 Å². The lowest BCUT2D eigenvalue weighted by molar-refractivity contribution is -0.0413. The highest BCUT2D eigenvalue weighted by molar-refractivity contribution is 7.92. The molecule has 5 nitrogen and oxygen atoms in total. The summed E-state index contributed by atoms with van der Waals surface area (Å²) in [6.07, 6.45) is 2.25. The number of hydrogen-bond donors (Lipinski definition) is 2. The maximum Gasteiger partial charge on any atom is 0.255 e. The van der Waals surface area contributed by atoms with Gasteiger partial charge in [0, 0.05) is 17.3 Å². The summed E-state index contributed by atoms with van der Waals surface area (Å²) in [6.45, 7) is 3.39. The van der Waals surface area contributed by atoms with Crippen LogP contribution in [0.2, 0.25) is 5.02 Å². The zero-order chi connectivity index (χ0) is 23.4. The third kappa shape index (κ3) is 3.93. The van der Waals surface area contributed by atoms with Crippen molar-refractivity contribution in [2.24, 2.45) is 11.8 Å². The second-order valence-electron chi connectivity index (χ2n) is 9.02. The lowest BCUT2D eigenvalue weighted by Gasteiger charge is -2.40. The van der Waals surface area contributed by atoms with Crippen LogP contribution in [0.4, 0.5) is 14.5 Å². The van der Waals surface area contributed by atoms with E-state index in [4.69, 9.17) is 11.6 Å². The van der Waals surface area contributed by atoms with Crippen LogP contribution in [-0.4, -0.2) is 30.3 Å². The molecule has 0 heterocycles. The summed E-state index contributed by atoms with van der Waals surface area (Å²) < 4.78 is 53.6. The van der Waals surface area contributed by atoms with Crippen LogP contribution in [0.25, 0.3) is 0 Å². The van der Waals surface area contributed by atoms with Gasteiger partial charge in [0.05, 0.1) is 20.8 Å². The number of nitrogens with one attached hydrogen (secondary N) is 1. The molecule has 4 atom stereocenters. The van der Waals surface area contributed by atoms with Gasteiger partial charge in [-0.2, -0.15) is 0 Å². The Morgan fingerprint density at radius 3 is 2.34 bits per heavy atom. The first kappa shape index (κ1) is 23.1. The molecule has 0 saturated heterocycles. The van der Waals surface area contributed by atoms with Gasteiger partial charge in [0.1, 0.15) is 0 Å². The van der Waals surface area contributed by atoms with Crippen LogP contribution in [0.3, 0.4) is 0 Å². The van der Waals surface area contributed by atoms with Crippen molar-refractivity contribution in [3.8, 4) is 0 Å². The maximum absolute atomic E-state index is 13.5. The Balaban J connectivity index is 1.65. The predicted octanol–water partition coefficient (Wildman–Crippen LogP) is 4.89. The molecule has 2 N–H and O–H groups in total. The predicted molar refractivity (Wildman–Crippen MR) is 118 cm³/mol. The number of fused-ring (bicyclic) bond motifs is 2. The van der Waals surface area contributed by atoms with E-state index in [1.54, 1.807) is 13.8 Å². The van der Waals surface area contributed by atoms with E-state index >= 15 is 0 Å². The Labute approximate surface area is 190 Å². The number of aliphatic hydroxyl groups is 1. The minimum absolute atomic E-state index is 0.0246. The average Bonchev–Trinajstić information content (AvgIpc) is 2.87. The molecule has 1 amide bonds. The summed E-state index contributed by atoms with van der Waals surface area (Å²) in [7, 11) is -3.86. The molecule has 32 heavy (non-hydrogen) atoms. The smallest absolute Gasteiger partial charge is 0.255 e. The van der Waals surface area contributed by atoms with Crippen molar-refractivity contribution in [1.29, 1.82) is 0 Å². The molecule has 3 unspecified atom stereocenters. The molecule has 2 saturated carbocycles. The summed E-state index contributed by atoms with van der Waals surface area (Å²) >= 11 is 6.30. The van der Waals surface area contributed by atoms with Crippen LogP contribution in [0.1, 0.15) is 48.5 Å². The fourth-order valence-electron chi connectivity index (χ4n) is 5.08. The Kier molecular flexibility index (Phi) is 5.84. The quantitative estimate of drug-likeness (QED) is 0.648. The topological polar surface area (TPSA) is 83.5 Å². The zero-order valence-corrected chi connectivity index (χ0v) is 19.2. The van der Waals surface area contributed by atoms with Gasteiger partial charge in [0.25, 0.3) is 5.91 Å². The number of halogens is 3. The molecule has 172 valence electrons. The number of rotatable bonds is 4. The number of benzene rings is 2. The number of anilines is 1. The molecule has 2 aliphatic carbocycles. The molecular formula is C23H24ClF2NO4S. The zero-order valence-electron chi connectivity index (χ0n) is 17.7. The molecule has 0 spiro atoms. The molecule has 2 aromatic rings. The Bertz CT molecular complexity index is 1180. The minimum atomic E-state index is -3.86. The van der Waals surface area contributed by atoms with E-state index in [1.165, 1.54) is 18.2 Å². The van der Waals surface area contributed by atoms with Gasteiger partial charge in [-0.1, -0.05) is 11.6 Å². The third-order valence-electron chi connectivity index (χ3n) is 7.06. The summed E-state index contributed by atoms with van der Waals surface area (Å²) in [4.78, 5) is 12.7. The van der Waals surface area contributed by atoms with Crippen molar-refractivity contribution >= 4 is 33.0 Å². The van der Waals surface area contributed by atoms with Gasteiger partial charge in [-0.05, 0) is 81.2 Å². The normalized spacial score (nSPS) is 27.4.